The normalized spacial score (nSPS) is 25.9. The Bertz CT molecular complexity index is 202. The van der Waals surface area contributed by atoms with Crippen molar-refractivity contribution in [2.45, 2.75) is 12.5 Å². The minimum atomic E-state index is 0.0112. The van der Waals surface area contributed by atoms with Gasteiger partial charge in [-0.15, -0.1) is 0 Å². The molecule has 1 saturated heterocycles. The van der Waals surface area contributed by atoms with Crippen molar-refractivity contribution in [2.75, 3.05) is 79.2 Å². The van der Waals surface area contributed by atoms with E-state index in [1.54, 1.807) is 0 Å². The Labute approximate surface area is 126 Å². The zero-order valence-corrected chi connectivity index (χ0v) is 12.8. The van der Waals surface area contributed by atoms with Crippen molar-refractivity contribution in [2.24, 2.45) is 5.73 Å². The van der Waals surface area contributed by atoms with E-state index in [2.05, 4.69) is 0 Å². The van der Waals surface area contributed by atoms with Gasteiger partial charge in [-0.2, -0.15) is 0 Å². The third-order valence-corrected chi connectivity index (χ3v) is 2.86. The highest BCUT2D eigenvalue weighted by Gasteiger charge is 2.08. The van der Waals surface area contributed by atoms with E-state index in [9.17, 15) is 0 Å². The highest BCUT2D eigenvalue weighted by Crippen LogP contribution is 1.99. The summed E-state index contributed by atoms with van der Waals surface area (Å²) in [7, 11) is 0. The summed E-state index contributed by atoms with van der Waals surface area (Å²) in [4.78, 5) is 0. The van der Waals surface area contributed by atoms with Gasteiger partial charge in [0.05, 0.1) is 78.8 Å². The molecule has 1 atom stereocenters. The average Bonchev–Trinajstić information content (AvgIpc) is 2.49. The van der Waals surface area contributed by atoms with Gasteiger partial charge in [-0.1, -0.05) is 0 Å². The van der Waals surface area contributed by atoms with Crippen molar-refractivity contribution in [3.05, 3.63) is 0 Å². The van der Waals surface area contributed by atoms with Gasteiger partial charge in [0.25, 0.3) is 0 Å². The molecule has 0 radical (unpaired) electrons. The molecule has 1 aliphatic rings. The molecule has 0 aromatic rings. The second-order valence-corrected chi connectivity index (χ2v) is 4.59. The molecule has 7 heteroatoms. The van der Waals surface area contributed by atoms with Gasteiger partial charge in [0, 0.05) is 0 Å². The fraction of sp³-hybridized carbons (Fsp3) is 1.00. The molecule has 1 heterocycles. The molecule has 1 aliphatic heterocycles. The molecule has 0 saturated carbocycles. The van der Waals surface area contributed by atoms with Crippen LogP contribution in [0.15, 0.2) is 0 Å². The van der Waals surface area contributed by atoms with Gasteiger partial charge in [0.1, 0.15) is 0 Å². The Kier molecular flexibility index (Phi) is 13.1. The molecule has 126 valence electrons. The summed E-state index contributed by atoms with van der Waals surface area (Å²) in [5, 5.41) is 0. The third-order valence-electron chi connectivity index (χ3n) is 2.86. The smallest absolute Gasteiger partial charge is 0.0821 e. The van der Waals surface area contributed by atoms with Crippen molar-refractivity contribution in [3.8, 4) is 0 Å². The Morgan fingerprint density at radius 3 is 1.52 bits per heavy atom. The number of ether oxygens (including phenoxy) is 6. The second-order valence-electron chi connectivity index (χ2n) is 4.59. The van der Waals surface area contributed by atoms with E-state index in [4.69, 9.17) is 34.2 Å². The topological polar surface area (TPSA) is 81.4 Å². The monoisotopic (exact) mass is 307 g/mol. The Morgan fingerprint density at radius 1 is 0.619 bits per heavy atom. The number of hydrogen-bond acceptors (Lipinski definition) is 7. The van der Waals surface area contributed by atoms with Crippen LogP contribution in [-0.2, 0) is 28.4 Å². The van der Waals surface area contributed by atoms with Crippen LogP contribution in [-0.4, -0.2) is 85.3 Å². The molecule has 0 amide bonds. The van der Waals surface area contributed by atoms with E-state index in [1.807, 2.05) is 0 Å². The minimum Gasteiger partial charge on any atom is -0.377 e. The predicted molar refractivity (Wildman–Crippen MR) is 77.5 cm³/mol. The lowest BCUT2D eigenvalue weighted by molar-refractivity contribution is -0.0615. The first kappa shape index (κ1) is 18.8. The SMILES string of the molecule is NCCC1COCCOCCOCCOCCOCCO1. The lowest BCUT2D eigenvalue weighted by atomic mass is 10.2. The summed E-state index contributed by atoms with van der Waals surface area (Å²) in [6.07, 6.45) is 0.787. The largest absolute Gasteiger partial charge is 0.377 e. The van der Waals surface area contributed by atoms with Crippen LogP contribution in [0.3, 0.4) is 0 Å². The van der Waals surface area contributed by atoms with E-state index in [-0.39, 0.29) is 6.10 Å². The fourth-order valence-corrected chi connectivity index (χ4v) is 1.77. The van der Waals surface area contributed by atoms with Crippen LogP contribution in [0.5, 0.6) is 0 Å². The van der Waals surface area contributed by atoms with Gasteiger partial charge in [-0.3, -0.25) is 0 Å². The lowest BCUT2D eigenvalue weighted by Crippen LogP contribution is -2.26. The first-order valence-corrected chi connectivity index (χ1v) is 7.64. The molecule has 0 bridgehead atoms. The summed E-state index contributed by atoms with van der Waals surface area (Å²) in [6.45, 7) is 6.69. The van der Waals surface area contributed by atoms with Crippen LogP contribution >= 0.6 is 0 Å². The quantitative estimate of drug-likeness (QED) is 0.757. The van der Waals surface area contributed by atoms with Crippen LogP contribution in [0.25, 0.3) is 0 Å². The molecular formula is C14H29NO6. The van der Waals surface area contributed by atoms with Gasteiger partial charge in [-0.25, -0.2) is 0 Å². The van der Waals surface area contributed by atoms with E-state index >= 15 is 0 Å². The van der Waals surface area contributed by atoms with E-state index in [0.29, 0.717) is 79.2 Å². The summed E-state index contributed by atoms with van der Waals surface area (Å²) in [5.74, 6) is 0. The predicted octanol–water partition coefficient (Wildman–Crippen LogP) is -0.183. The molecule has 2 N–H and O–H groups in total. The van der Waals surface area contributed by atoms with Gasteiger partial charge in [-0.05, 0) is 13.0 Å². The maximum atomic E-state index is 5.70. The van der Waals surface area contributed by atoms with Crippen molar-refractivity contribution < 1.29 is 28.4 Å². The van der Waals surface area contributed by atoms with Gasteiger partial charge < -0.3 is 34.2 Å². The molecule has 0 aromatic heterocycles. The molecule has 1 unspecified atom stereocenters. The van der Waals surface area contributed by atoms with Crippen molar-refractivity contribution in [3.63, 3.8) is 0 Å². The molecular weight excluding hydrogens is 278 g/mol. The highest BCUT2D eigenvalue weighted by molar-refractivity contribution is 4.57. The second kappa shape index (κ2) is 14.6. The molecule has 0 aromatic carbocycles. The summed E-state index contributed by atoms with van der Waals surface area (Å²) >= 11 is 0. The Morgan fingerprint density at radius 2 is 1.05 bits per heavy atom. The fourth-order valence-electron chi connectivity index (χ4n) is 1.77. The van der Waals surface area contributed by atoms with Gasteiger partial charge >= 0.3 is 0 Å². The van der Waals surface area contributed by atoms with E-state index in [1.165, 1.54) is 0 Å². The highest BCUT2D eigenvalue weighted by atomic mass is 16.6. The zero-order valence-electron chi connectivity index (χ0n) is 12.8. The molecule has 1 fully saturated rings. The number of hydrogen-bond donors (Lipinski definition) is 1. The minimum absolute atomic E-state index is 0.0112. The lowest BCUT2D eigenvalue weighted by Gasteiger charge is -2.17. The first-order valence-electron chi connectivity index (χ1n) is 7.64. The summed E-state index contributed by atoms with van der Waals surface area (Å²) in [6, 6.07) is 0. The van der Waals surface area contributed by atoms with Gasteiger partial charge in [0.15, 0.2) is 0 Å². The molecule has 7 nitrogen and oxygen atoms in total. The standard InChI is InChI=1S/C14H29NO6/c15-2-1-14-13-20-10-9-18-6-5-16-3-4-17-7-8-19-11-12-21-14/h14H,1-13,15H2. The van der Waals surface area contributed by atoms with Crippen molar-refractivity contribution >= 4 is 0 Å². The van der Waals surface area contributed by atoms with E-state index in [0.717, 1.165) is 6.42 Å². The molecule has 0 aliphatic carbocycles. The van der Waals surface area contributed by atoms with Crippen LogP contribution in [0, 0.1) is 0 Å². The Hall–Kier alpha value is -0.280. The zero-order chi connectivity index (χ0) is 15.0. The summed E-state index contributed by atoms with van der Waals surface area (Å²) < 4.78 is 32.8. The Balaban J connectivity index is 2.18. The van der Waals surface area contributed by atoms with Crippen molar-refractivity contribution in [1.29, 1.82) is 0 Å². The molecule has 0 spiro atoms. The van der Waals surface area contributed by atoms with Crippen LogP contribution in [0.2, 0.25) is 0 Å². The van der Waals surface area contributed by atoms with Crippen molar-refractivity contribution in [1.82, 2.24) is 0 Å². The van der Waals surface area contributed by atoms with E-state index < -0.39 is 0 Å². The molecule has 21 heavy (non-hydrogen) atoms. The average molecular weight is 307 g/mol. The third kappa shape index (κ3) is 12.0. The first-order chi connectivity index (χ1) is 10.4. The van der Waals surface area contributed by atoms with Crippen LogP contribution in [0.4, 0.5) is 0 Å². The van der Waals surface area contributed by atoms with Crippen LogP contribution < -0.4 is 5.73 Å². The number of nitrogens with two attached hydrogens (primary N) is 1. The molecule has 1 rings (SSSR count). The number of rotatable bonds is 2. The maximum Gasteiger partial charge on any atom is 0.0821 e. The summed E-state index contributed by atoms with van der Waals surface area (Å²) in [5.41, 5.74) is 5.57. The van der Waals surface area contributed by atoms with Crippen LogP contribution in [0.1, 0.15) is 6.42 Å². The maximum absolute atomic E-state index is 5.70. The van der Waals surface area contributed by atoms with Gasteiger partial charge in [0.2, 0.25) is 0 Å².